The van der Waals surface area contributed by atoms with Crippen LogP contribution in [-0.2, 0) is 11.2 Å². The van der Waals surface area contributed by atoms with Crippen molar-refractivity contribution in [1.82, 2.24) is 15.6 Å². The molecule has 3 aromatic rings. The minimum absolute atomic E-state index is 0.000156. The summed E-state index contributed by atoms with van der Waals surface area (Å²) in [7, 11) is 0. The summed E-state index contributed by atoms with van der Waals surface area (Å²) in [6.07, 6.45) is 11.1. The van der Waals surface area contributed by atoms with E-state index in [0.29, 0.717) is 22.2 Å². The number of amides is 2. The van der Waals surface area contributed by atoms with Crippen molar-refractivity contribution in [2.45, 2.75) is 82.3 Å². The van der Waals surface area contributed by atoms with E-state index in [0.717, 1.165) is 60.7 Å². The average molecular weight is 577 g/mol. The molecule has 4 saturated carbocycles. The number of aryl methyl sites for hydroxylation is 1. The van der Waals surface area contributed by atoms with Crippen LogP contribution in [0.25, 0.3) is 0 Å². The summed E-state index contributed by atoms with van der Waals surface area (Å²) in [5.74, 6) is 1.10. The lowest BCUT2D eigenvalue weighted by molar-refractivity contribution is -0.135. The molecule has 0 saturated heterocycles. The minimum atomic E-state index is -0.492. The number of nitrogens with one attached hydrogen (secondary N) is 3. The van der Waals surface area contributed by atoms with Gasteiger partial charge in [-0.15, -0.1) is 11.3 Å². The molecule has 2 aromatic heterocycles. The smallest absolute Gasteiger partial charge is 0.262 e. The van der Waals surface area contributed by atoms with Gasteiger partial charge in [-0.25, -0.2) is 0 Å². The molecule has 0 spiro atoms. The first kappa shape index (κ1) is 27.3. The summed E-state index contributed by atoms with van der Waals surface area (Å²) in [5, 5.41) is 10.6. The van der Waals surface area contributed by atoms with E-state index in [9.17, 15) is 9.59 Å². The van der Waals surface area contributed by atoms with E-state index in [2.05, 4.69) is 33.1 Å². The Bertz CT molecular complexity index is 1350. The Morgan fingerprint density at radius 1 is 1.10 bits per heavy atom. The van der Waals surface area contributed by atoms with E-state index in [4.69, 9.17) is 11.6 Å². The van der Waals surface area contributed by atoms with Gasteiger partial charge < -0.3 is 16.0 Å². The van der Waals surface area contributed by atoms with Crippen molar-refractivity contribution in [3.8, 4) is 0 Å². The van der Waals surface area contributed by atoms with Crippen LogP contribution in [0.15, 0.2) is 54.7 Å². The van der Waals surface area contributed by atoms with Gasteiger partial charge in [0.05, 0.1) is 27.3 Å². The highest BCUT2D eigenvalue weighted by Gasteiger charge is 2.57. The summed E-state index contributed by atoms with van der Waals surface area (Å²) in [4.78, 5) is 32.9. The van der Waals surface area contributed by atoms with Crippen LogP contribution in [0.2, 0.25) is 5.02 Å². The van der Waals surface area contributed by atoms with Crippen molar-refractivity contribution < 1.29 is 9.59 Å². The number of nitrogens with zero attached hydrogens (tertiary/aromatic N) is 1. The molecule has 3 N–H and O–H groups in total. The quantitative estimate of drug-likeness (QED) is 0.233. The average Bonchev–Trinajstić information content (AvgIpc) is 3.60. The number of hydrogen-bond acceptors (Lipinski definition) is 5. The molecule has 2 amide bonds. The fourth-order valence-electron chi connectivity index (χ4n) is 6.60. The molecule has 6 nitrogen and oxygen atoms in total. The molecule has 0 aliphatic heterocycles. The van der Waals surface area contributed by atoms with Gasteiger partial charge in [-0.1, -0.05) is 67.6 Å². The molecule has 4 aliphatic carbocycles. The van der Waals surface area contributed by atoms with Gasteiger partial charge in [-0.2, -0.15) is 0 Å². The molecule has 4 fully saturated rings. The van der Waals surface area contributed by atoms with E-state index >= 15 is 0 Å². The Morgan fingerprint density at radius 2 is 1.85 bits per heavy atom. The minimum Gasteiger partial charge on any atom is -0.376 e. The number of carbonyl (C=O) groups excluding carboxylic acids is 2. The number of halogens is 1. The normalized spacial score (nSPS) is 23.0. The maximum atomic E-state index is 13.5. The molecule has 40 heavy (non-hydrogen) atoms. The zero-order chi connectivity index (χ0) is 27.7. The highest BCUT2D eigenvalue weighted by molar-refractivity contribution is 7.14. The van der Waals surface area contributed by atoms with Crippen molar-refractivity contribution in [3.63, 3.8) is 0 Å². The standard InChI is InChI=1S/C32H37ClN4O2S/c1-20-25(15-24(33)19-34-20)35-26(13-21-7-3-2-4-8-21)28-11-12-29(40-28)31(39)36-27(14-22-9-5-6-10-22)30(38)37-32-16-23(17-32)18-32/h2-4,7-8,11-12,15,19,22-23,26-27,35H,5-6,9-10,13-14,16-18H2,1H3,(H,36,39)(H,37,38)/t23?,26-,27+,32?/m1/s1. The fourth-order valence-corrected chi connectivity index (χ4v) is 7.72. The van der Waals surface area contributed by atoms with Gasteiger partial charge in [0.25, 0.3) is 5.91 Å². The second-order valence-electron chi connectivity index (χ2n) is 12.0. The van der Waals surface area contributed by atoms with Crippen LogP contribution in [0.5, 0.6) is 0 Å². The number of thiophene rings is 1. The molecule has 2 heterocycles. The molecule has 7 rings (SSSR count). The number of benzene rings is 1. The second-order valence-corrected chi connectivity index (χ2v) is 13.6. The molecular weight excluding hydrogens is 540 g/mol. The Morgan fingerprint density at radius 3 is 2.55 bits per heavy atom. The van der Waals surface area contributed by atoms with Crippen LogP contribution in [0.3, 0.4) is 0 Å². The predicted octanol–water partition coefficient (Wildman–Crippen LogP) is 6.85. The van der Waals surface area contributed by atoms with Gasteiger partial charge in [0.2, 0.25) is 5.91 Å². The van der Waals surface area contributed by atoms with E-state index in [1.165, 1.54) is 29.7 Å². The van der Waals surface area contributed by atoms with Gasteiger partial charge in [0.15, 0.2) is 0 Å². The zero-order valence-corrected chi connectivity index (χ0v) is 24.5. The van der Waals surface area contributed by atoms with Crippen LogP contribution in [0.4, 0.5) is 5.69 Å². The van der Waals surface area contributed by atoms with Crippen molar-refractivity contribution in [3.05, 3.63) is 80.8 Å². The molecule has 8 heteroatoms. The molecule has 210 valence electrons. The number of hydrogen-bond donors (Lipinski definition) is 3. The van der Waals surface area contributed by atoms with Crippen molar-refractivity contribution in [2.75, 3.05) is 5.32 Å². The predicted molar refractivity (Wildman–Crippen MR) is 161 cm³/mol. The maximum absolute atomic E-state index is 13.5. The summed E-state index contributed by atoms with van der Waals surface area (Å²) < 4.78 is 0. The maximum Gasteiger partial charge on any atom is 0.262 e. The summed E-state index contributed by atoms with van der Waals surface area (Å²) in [6, 6.07) is 15.5. The number of anilines is 1. The van der Waals surface area contributed by atoms with Gasteiger partial charge in [-0.05, 0) is 74.6 Å². The van der Waals surface area contributed by atoms with Gasteiger partial charge in [0.1, 0.15) is 6.04 Å². The molecule has 4 aliphatic rings. The number of aromatic nitrogens is 1. The lowest BCUT2D eigenvalue weighted by atomic mass is 9.50. The SMILES string of the molecule is Cc1ncc(Cl)cc1N[C@H](Cc1ccccc1)c1ccc(C(=O)N[C@@H](CC2CCCC2)C(=O)NC23CC(C2)C3)s1. The largest absolute Gasteiger partial charge is 0.376 e. The third kappa shape index (κ3) is 6.06. The molecule has 1 aromatic carbocycles. The van der Waals surface area contributed by atoms with Crippen LogP contribution in [-0.4, -0.2) is 28.4 Å². The molecular formula is C32H37ClN4O2S. The van der Waals surface area contributed by atoms with Gasteiger partial charge in [0, 0.05) is 16.6 Å². The first-order valence-electron chi connectivity index (χ1n) is 14.5. The Balaban J connectivity index is 1.19. The first-order valence-corrected chi connectivity index (χ1v) is 15.7. The highest BCUT2D eigenvalue weighted by Crippen LogP contribution is 2.57. The van der Waals surface area contributed by atoms with Crippen LogP contribution >= 0.6 is 22.9 Å². The summed E-state index contributed by atoms with van der Waals surface area (Å²) >= 11 is 7.73. The highest BCUT2D eigenvalue weighted by atomic mass is 35.5. The monoisotopic (exact) mass is 576 g/mol. The zero-order valence-electron chi connectivity index (χ0n) is 22.9. The molecule has 2 bridgehead atoms. The molecule has 0 unspecified atom stereocenters. The van der Waals surface area contributed by atoms with Crippen molar-refractivity contribution >= 4 is 40.4 Å². The third-order valence-corrected chi connectivity index (χ3v) is 10.4. The second kappa shape index (κ2) is 11.5. The fraction of sp³-hybridized carbons (Fsp3) is 0.469. The molecule has 2 atom stereocenters. The first-order chi connectivity index (χ1) is 19.4. The third-order valence-electron chi connectivity index (χ3n) is 8.95. The number of pyridine rings is 1. The summed E-state index contributed by atoms with van der Waals surface area (Å²) in [6.45, 7) is 1.95. The van der Waals surface area contributed by atoms with E-state index in [1.54, 1.807) is 6.20 Å². The van der Waals surface area contributed by atoms with E-state index in [-0.39, 0.29) is 23.4 Å². The van der Waals surface area contributed by atoms with Crippen LogP contribution in [0.1, 0.15) is 83.2 Å². The number of carbonyl (C=O) groups is 2. The topological polar surface area (TPSA) is 83.1 Å². The van der Waals surface area contributed by atoms with E-state index in [1.807, 2.05) is 43.3 Å². The van der Waals surface area contributed by atoms with Crippen LogP contribution in [0, 0.1) is 18.8 Å². The van der Waals surface area contributed by atoms with Crippen LogP contribution < -0.4 is 16.0 Å². The van der Waals surface area contributed by atoms with Crippen molar-refractivity contribution in [1.29, 1.82) is 0 Å². The van der Waals surface area contributed by atoms with Crippen molar-refractivity contribution in [2.24, 2.45) is 11.8 Å². The number of rotatable bonds is 11. The van der Waals surface area contributed by atoms with Gasteiger partial charge >= 0.3 is 0 Å². The Labute approximate surface area is 245 Å². The Hall–Kier alpha value is -2.90. The van der Waals surface area contributed by atoms with E-state index < -0.39 is 6.04 Å². The summed E-state index contributed by atoms with van der Waals surface area (Å²) in [5.41, 5.74) is 2.92. The lowest BCUT2D eigenvalue weighted by Gasteiger charge is -2.62. The Kier molecular flexibility index (Phi) is 7.87. The van der Waals surface area contributed by atoms with Gasteiger partial charge in [-0.3, -0.25) is 14.6 Å². The lowest BCUT2D eigenvalue weighted by Crippen LogP contribution is -2.70. The molecule has 0 radical (unpaired) electrons.